The summed E-state index contributed by atoms with van der Waals surface area (Å²) in [6, 6.07) is 3.35. The highest BCUT2D eigenvalue weighted by Gasteiger charge is 2.40. The molecule has 1 aromatic rings. The SMILES string of the molecule is Cc1cc(NCCC(CC(=O)O)C(F)(F)F)ccn1. The number of carboxylic acids is 1. The number of hydrogen-bond donors (Lipinski definition) is 2. The quantitative estimate of drug-likeness (QED) is 0.838. The van der Waals surface area contributed by atoms with E-state index in [4.69, 9.17) is 5.11 Å². The Morgan fingerprint density at radius 3 is 2.74 bits per heavy atom. The molecule has 0 spiro atoms. The standard InChI is InChI=1S/C12H15F3N2O2/c1-8-6-10(3-5-16-8)17-4-2-9(7-11(18)19)12(13,14)15/h3,5-6,9H,2,4,7H2,1H3,(H,16,17)(H,18,19). The Balaban J connectivity index is 2.50. The molecule has 0 amide bonds. The summed E-state index contributed by atoms with van der Waals surface area (Å²) in [4.78, 5) is 14.4. The predicted molar refractivity (Wildman–Crippen MR) is 63.9 cm³/mol. The summed E-state index contributed by atoms with van der Waals surface area (Å²) in [6.07, 6.45) is -4.12. The van der Waals surface area contributed by atoms with Crippen LogP contribution in [-0.4, -0.2) is 28.8 Å². The topological polar surface area (TPSA) is 62.2 Å². The maximum Gasteiger partial charge on any atom is 0.392 e. The van der Waals surface area contributed by atoms with Gasteiger partial charge in [-0.15, -0.1) is 0 Å². The van der Waals surface area contributed by atoms with Gasteiger partial charge in [-0.3, -0.25) is 9.78 Å². The molecule has 0 saturated heterocycles. The van der Waals surface area contributed by atoms with E-state index in [1.165, 1.54) is 0 Å². The first-order chi connectivity index (χ1) is 8.79. The highest BCUT2D eigenvalue weighted by atomic mass is 19.4. The van der Waals surface area contributed by atoms with Gasteiger partial charge >= 0.3 is 12.1 Å². The number of nitrogens with one attached hydrogen (secondary N) is 1. The number of aliphatic carboxylic acids is 1. The number of halogens is 3. The maximum atomic E-state index is 12.6. The van der Waals surface area contributed by atoms with Crippen molar-refractivity contribution in [3.63, 3.8) is 0 Å². The lowest BCUT2D eigenvalue weighted by Crippen LogP contribution is -2.27. The third-order valence-corrected chi connectivity index (χ3v) is 2.60. The lowest BCUT2D eigenvalue weighted by atomic mass is 10.0. The molecule has 1 atom stereocenters. The molecule has 1 unspecified atom stereocenters. The van der Waals surface area contributed by atoms with Gasteiger partial charge in [0.25, 0.3) is 0 Å². The number of hydrogen-bond acceptors (Lipinski definition) is 3. The molecule has 1 rings (SSSR count). The molecule has 1 heterocycles. The van der Waals surface area contributed by atoms with Crippen LogP contribution in [0.25, 0.3) is 0 Å². The predicted octanol–water partition coefficient (Wildman–Crippen LogP) is 2.85. The molecule has 0 aliphatic heterocycles. The van der Waals surface area contributed by atoms with Crippen molar-refractivity contribution in [3.05, 3.63) is 24.0 Å². The van der Waals surface area contributed by atoms with Crippen LogP contribution < -0.4 is 5.32 Å². The highest BCUT2D eigenvalue weighted by Crippen LogP contribution is 2.31. The highest BCUT2D eigenvalue weighted by molar-refractivity contribution is 5.67. The third-order valence-electron chi connectivity index (χ3n) is 2.60. The van der Waals surface area contributed by atoms with E-state index in [0.717, 1.165) is 5.69 Å². The molecule has 7 heteroatoms. The van der Waals surface area contributed by atoms with Crippen LogP contribution in [0.4, 0.5) is 18.9 Å². The molecule has 1 aromatic heterocycles. The van der Waals surface area contributed by atoms with Gasteiger partial charge in [-0.1, -0.05) is 0 Å². The molecule has 0 saturated carbocycles. The first-order valence-corrected chi connectivity index (χ1v) is 5.74. The number of aromatic nitrogens is 1. The summed E-state index contributed by atoms with van der Waals surface area (Å²) in [5, 5.41) is 11.3. The van der Waals surface area contributed by atoms with E-state index in [9.17, 15) is 18.0 Å². The van der Waals surface area contributed by atoms with E-state index in [1.807, 2.05) is 0 Å². The monoisotopic (exact) mass is 276 g/mol. The van der Waals surface area contributed by atoms with E-state index in [1.54, 1.807) is 25.3 Å². The number of pyridine rings is 1. The molecule has 0 bridgehead atoms. The average molecular weight is 276 g/mol. The van der Waals surface area contributed by atoms with Gasteiger partial charge in [0.2, 0.25) is 0 Å². The van der Waals surface area contributed by atoms with Gasteiger partial charge in [-0.25, -0.2) is 0 Å². The summed E-state index contributed by atoms with van der Waals surface area (Å²) in [7, 11) is 0. The second-order valence-corrected chi connectivity index (χ2v) is 4.24. The summed E-state index contributed by atoms with van der Waals surface area (Å²) < 4.78 is 37.7. The molecule has 2 N–H and O–H groups in total. The lowest BCUT2D eigenvalue weighted by Gasteiger charge is -2.18. The smallest absolute Gasteiger partial charge is 0.392 e. The van der Waals surface area contributed by atoms with E-state index in [2.05, 4.69) is 10.3 Å². The van der Waals surface area contributed by atoms with Crippen LogP contribution >= 0.6 is 0 Å². The number of aryl methyl sites for hydroxylation is 1. The van der Waals surface area contributed by atoms with Gasteiger partial charge in [-0.05, 0) is 25.5 Å². The zero-order chi connectivity index (χ0) is 14.5. The first-order valence-electron chi connectivity index (χ1n) is 5.74. The maximum absolute atomic E-state index is 12.6. The van der Waals surface area contributed by atoms with E-state index in [-0.39, 0.29) is 13.0 Å². The van der Waals surface area contributed by atoms with Crippen LogP contribution in [0.15, 0.2) is 18.3 Å². The number of alkyl halides is 3. The van der Waals surface area contributed by atoms with Crippen molar-refractivity contribution >= 4 is 11.7 Å². The van der Waals surface area contributed by atoms with Crippen LogP contribution in [0.2, 0.25) is 0 Å². The van der Waals surface area contributed by atoms with Crippen molar-refractivity contribution in [1.82, 2.24) is 4.98 Å². The molecule has 0 aliphatic rings. The third kappa shape index (κ3) is 5.58. The van der Waals surface area contributed by atoms with Crippen LogP contribution in [0.3, 0.4) is 0 Å². The fourth-order valence-corrected chi connectivity index (χ4v) is 1.64. The lowest BCUT2D eigenvalue weighted by molar-refractivity contribution is -0.183. The van der Waals surface area contributed by atoms with Gasteiger partial charge < -0.3 is 10.4 Å². The molecule has 0 aromatic carbocycles. The Morgan fingerprint density at radius 1 is 1.53 bits per heavy atom. The molecule has 106 valence electrons. The van der Waals surface area contributed by atoms with Crippen molar-refractivity contribution in [1.29, 1.82) is 0 Å². The van der Waals surface area contributed by atoms with E-state index in [0.29, 0.717) is 5.69 Å². The average Bonchev–Trinajstić information content (AvgIpc) is 2.26. The minimum atomic E-state index is -4.49. The minimum absolute atomic E-state index is 0.0565. The molecule has 4 nitrogen and oxygen atoms in total. The summed E-state index contributed by atoms with van der Waals surface area (Å²) in [5.74, 6) is -3.28. The normalized spacial score (nSPS) is 13.1. The Kier molecular flexibility index (Phi) is 5.14. The van der Waals surface area contributed by atoms with Crippen LogP contribution in [0.5, 0.6) is 0 Å². The van der Waals surface area contributed by atoms with Gasteiger partial charge in [-0.2, -0.15) is 13.2 Å². The Hall–Kier alpha value is -1.79. The molecular weight excluding hydrogens is 261 g/mol. The zero-order valence-electron chi connectivity index (χ0n) is 10.4. The Labute approximate surface area is 108 Å². The van der Waals surface area contributed by atoms with Gasteiger partial charge in [0, 0.05) is 24.1 Å². The van der Waals surface area contributed by atoms with E-state index < -0.39 is 24.5 Å². The number of anilines is 1. The second kappa shape index (κ2) is 6.40. The van der Waals surface area contributed by atoms with Crippen molar-refractivity contribution in [2.24, 2.45) is 5.92 Å². The molecular formula is C12H15F3N2O2. The number of nitrogens with zero attached hydrogens (tertiary/aromatic N) is 1. The number of carboxylic acid groups (broad SMARTS) is 1. The fourth-order valence-electron chi connectivity index (χ4n) is 1.64. The van der Waals surface area contributed by atoms with Gasteiger partial charge in [0.15, 0.2) is 0 Å². The number of carbonyl (C=O) groups is 1. The zero-order valence-corrected chi connectivity index (χ0v) is 10.4. The minimum Gasteiger partial charge on any atom is -0.481 e. The van der Waals surface area contributed by atoms with E-state index >= 15 is 0 Å². The van der Waals surface area contributed by atoms with Crippen LogP contribution in [0, 0.1) is 12.8 Å². The van der Waals surface area contributed by atoms with Crippen molar-refractivity contribution < 1.29 is 23.1 Å². The number of rotatable bonds is 6. The van der Waals surface area contributed by atoms with Gasteiger partial charge in [0.1, 0.15) is 0 Å². The summed E-state index contributed by atoms with van der Waals surface area (Å²) in [5.41, 5.74) is 1.42. The van der Waals surface area contributed by atoms with Crippen molar-refractivity contribution in [2.45, 2.75) is 25.9 Å². The Bertz CT molecular complexity index is 435. The van der Waals surface area contributed by atoms with Crippen molar-refractivity contribution in [3.8, 4) is 0 Å². The molecule has 0 radical (unpaired) electrons. The second-order valence-electron chi connectivity index (χ2n) is 4.24. The Morgan fingerprint density at radius 2 is 2.21 bits per heavy atom. The van der Waals surface area contributed by atoms with Crippen LogP contribution in [0.1, 0.15) is 18.5 Å². The molecule has 19 heavy (non-hydrogen) atoms. The largest absolute Gasteiger partial charge is 0.481 e. The molecule has 0 fully saturated rings. The van der Waals surface area contributed by atoms with Gasteiger partial charge in [0.05, 0.1) is 12.3 Å². The fraction of sp³-hybridized carbons (Fsp3) is 0.500. The van der Waals surface area contributed by atoms with Crippen LogP contribution in [-0.2, 0) is 4.79 Å². The van der Waals surface area contributed by atoms with Crippen molar-refractivity contribution in [2.75, 3.05) is 11.9 Å². The summed E-state index contributed by atoms with van der Waals surface area (Å²) in [6.45, 7) is 1.83. The summed E-state index contributed by atoms with van der Waals surface area (Å²) >= 11 is 0. The first kappa shape index (κ1) is 15.3. The molecule has 0 aliphatic carbocycles.